The van der Waals surface area contributed by atoms with E-state index >= 15 is 0 Å². The number of fused-ring (bicyclic) bond motifs is 6. The lowest BCUT2D eigenvalue weighted by molar-refractivity contribution is 0.669. The van der Waals surface area contributed by atoms with Crippen LogP contribution in [0, 0.1) is 0 Å². The van der Waals surface area contributed by atoms with Crippen molar-refractivity contribution in [2.24, 2.45) is 0 Å². The van der Waals surface area contributed by atoms with E-state index < -0.39 is 0 Å². The molecule has 56 heavy (non-hydrogen) atoms. The lowest BCUT2D eigenvalue weighted by Crippen LogP contribution is -2.00. The lowest BCUT2D eigenvalue weighted by atomic mass is 10.0. The Morgan fingerprint density at radius 2 is 0.946 bits per heavy atom. The molecule has 262 valence electrons. The molecule has 7 aromatic carbocycles. The van der Waals surface area contributed by atoms with Crippen LogP contribution in [0.25, 0.3) is 110 Å². The van der Waals surface area contributed by atoms with Gasteiger partial charge in [-0.25, -0.2) is 24.9 Å². The Morgan fingerprint density at radius 3 is 1.68 bits per heavy atom. The molecule has 0 fully saturated rings. The van der Waals surface area contributed by atoms with E-state index in [1.807, 2.05) is 91.0 Å². The van der Waals surface area contributed by atoms with Gasteiger partial charge in [0.15, 0.2) is 23.3 Å². The highest BCUT2D eigenvalue weighted by Gasteiger charge is 2.21. The zero-order chi connectivity index (χ0) is 37.0. The smallest absolute Gasteiger partial charge is 0.164 e. The van der Waals surface area contributed by atoms with Crippen LogP contribution < -0.4 is 0 Å². The molecule has 7 heteroatoms. The average molecular weight is 736 g/mol. The van der Waals surface area contributed by atoms with Gasteiger partial charge in [-0.1, -0.05) is 146 Å². The minimum atomic E-state index is 0.567. The molecule has 0 N–H and O–H groups in total. The van der Waals surface area contributed by atoms with Gasteiger partial charge in [0.05, 0.1) is 15.9 Å². The third-order valence-electron chi connectivity index (χ3n) is 10.2. The maximum absolute atomic E-state index is 6.65. The first kappa shape index (κ1) is 32.1. The third kappa shape index (κ3) is 5.52. The van der Waals surface area contributed by atoms with Crippen molar-refractivity contribution in [2.75, 3.05) is 0 Å². The van der Waals surface area contributed by atoms with Gasteiger partial charge in [0.2, 0.25) is 0 Å². The number of rotatable bonds is 6. The van der Waals surface area contributed by atoms with Gasteiger partial charge >= 0.3 is 0 Å². The van der Waals surface area contributed by atoms with Gasteiger partial charge in [-0.05, 0) is 41.5 Å². The highest BCUT2D eigenvalue weighted by molar-refractivity contribution is 7.26. The number of nitrogens with zero attached hydrogens (tertiary/aromatic N) is 5. The Balaban J connectivity index is 1.08. The molecule has 0 saturated heterocycles. The molecular weight excluding hydrogens is 707 g/mol. The van der Waals surface area contributed by atoms with Crippen LogP contribution in [0.5, 0.6) is 0 Å². The van der Waals surface area contributed by atoms with Gasteiger partial charge < -0.3 is 4.42 Å². The summed E-state index contributed by atoms with van der Waals surface area (Å²) in [6.07, 6.45) is 0. The fourth-order valence-electron chi connectivity index (χ4n) is 7.47. The summed E-state index contributed by atoms with van der Waals surface area (Å²) in [5, 5.41) is 3.12. The summed E-state index contributed by atoms with van der Waals surface area (Å²) in [4.78, 5) is 25.5. The van der Waals surface area contributed by atoms with Crippen LogP contribution in [0.15, 0.2) is 180 Å². The fourth-order valence-corrected chi connectivity index (χ4v) is 8.62. The van der Waals surface area contributed by atoms with Crippen molar-refractivity contribution < 1.29 is 4.42 Å². The molecule has 0 atom stereocenters. The molecular formula is C49H29N5OS. The second-order valence-corrected chi connectivity index (χ2v) is 14.7. The number of benzene rings is 7. The Kier molecular flexibility index (Phi) is 7.57. The van der Waals surface area contributed by atoms with Crippen LogP contribution in [0.4, 0.5) is 0 Å². The predicted molar refractivity (Wildman–Crippen MR) is 228 cm³/mol. The van der Waals surface area contributed by atoms with Gasteiger partial charge in [-0.2, -0.15) is 0 Å². The molecule has 0 aliphatic rings. The molecule has 0 radical (unpaired) electrons. The summed E-state index contributed by atoms with van der Waals surface area (Å²) in [5.74, 6) is 2.46. The number of aromatic nitrogens is 5. The number of thiophene rings is 1. The first-order chi connectivity index (χ1) is 27.7. The van der Waals surface area contributed by atoms with E-state index in [1.165, 1.54) is 4.70 Å². The summed E-state index contributed by atoms with van der Waals surface area (Å²) in [6, 6.07) is 59.8. The molecule has 0 aliphatic heterocycles. The zero-order valence-corrected chi connectivity index (χ0v) is 30.6. The van der Waals surface area contributed by atoms with E-state index in [0.717, 1.165) is 82.2 Å². The maximum atomic E-state index is 6.65. The second-order valence-electron chi connectivity index (χ2n) is 13.6. The van der Waals surface area contributed by atoms with Gasteiger partial charge in [0.1, 0.15) is 11.2 Å². The summed E-state index contributed by atoms with van der Waals surface area (Å²) in [7, 11) is 0. The highest BCUT2D eigenvalue weighted by atomic mass is 32.1. The Bertz CT molecular complexity index is 3250. The quantitative estimate of drug-likeness (QED) is 0.169. The molecule has 11 rings (SSSR count). The van der Waals surface area contributed by atoms with Crippen molar-refractivity contribution in [1.29, 1.82) is 0 Å². The molecule has 0 aliphatic carbocycles. The van der Waals surface area contributed by atoms with Crippen molar-refractivity contribution in [2.45, 2.75) is 0 Å². The van der Waals surface area contributed by atoms with Crippen LogP contribution in [0.1, 0.15) is 0 Å². The topological polar surface area (TPSA) is 77.6 Å². The highest BCUT2D eigenvalue weighted by Crippen LogP contribution is 2.44. The van der Waals surface area contributed by atoms with Gasteiger partial charge in [0, 0.05) is 48.7 Å². The van der Waals surface area contributed by atoms with E-state index in [2.05, 4.69) is 84.9 Å². The molecule has 0 unspecified atom stereocenters. The van der Waals surface area contributed by atoms with Crippen molar-refractivity contribution >= 4 is 53.6 Å². The molecule has 11 aromatic rings. The van der Waals surface area contributed by atoms with E-state index in [9.17, 15) is 0 Å². The molecule has 0 amide bonds. The molecule has 0 saturated carbocycles. The summed E-state index contributed by atoms with van der Waals surface area (Å²) >= 11 is 1.72. The number of hydrogen-bond acceptors (Lipinski definition) is 7. The van der Waals surface area contributed by atoms with E-state index in [4.69, 9.17) is 29.3 Å². The first-order valence-corrected chi connectivity index (χ1v) is 19.2. The van der Waals surface area contributed by atoms with E-state index in [1.54, 1.807) is 11.3 Å². The molecule has 0 bridgehead atoms. The van der Waals surface area contributed by atoms with Crippen molar-refractivity contribution in [1.82, 2.24) is 24.9 Å². The summed E-state index contributed by atoms with van der Waals surface area (Å²) < 4.78 is 8.87. The van der Waals surface area contributed by atoms with Crippen molar-refractivity contribution in [3.8, 4) is 67.9 Å². The van der Waals surface area contributed by atoms with E-state index in [0.29, 0.717) is 23.3 Å². The van der Waals surface area contributed by atoms with Crippen LogP contribution in [0.2, 0.25) is 0 Å². The summed E-state index contributed by atoms with van der Waals surface area (Å²) in [6.45, 7) is 0. The monoisotopic (exact) mass is 735 g/mol. The molecule has 0 spiro atoms. The van der Waals surface area contributed by atoms with Gasteiger partial charge in [0.25, 0.3) is 0 Å². The number of hydrogen-bond donors (Lipinski definition) is 0. The largest absolute Gasteiger partial charge is 0.456 e. The SMILES string of the molecule is c1ccc(-c2cccc(-c3nc(-c4ccccc4)nc(-c4ccc5c(c4)oc4cccc(-c6nc(-c7ccccc7)nc7c6sc6ccccc67)c45)n3)c2)cc1. The zero-order valence-electron chi connectivity index (χ0n) is 29.8. The third-order valence-corrected chi connectivity index (χ3v) is 11.3. The minimum absolute atomic E-state index is 0.567. The Morgan fingerprint density at radius 1 is 0.375 bits per heavy atom. The van der Waals surface area contributed by atoms with E-state index in [-0.39, 0.29) is 0 Å². The maximum Gasteiger partial charge on any atom is 0.164 e. The first-order valence-electron chi connectivity index (χ1n) is 18.4. The minimum Gasteiger partial charge on any atom is -0.456 e. The summed E-state index contributed by atoms with van der Waals surface area (Å²) in [5.41, 5.74) is 10.2. The number of furan rings is 1. The van der Waals surface area contributed by atoms with Crippen LogP contribution in [0.3, 0.4) is 0 Å². The van der Waals surface area contributed by atoms with Crippen LogP contribution >= 0.6 is 11.3 Å². The lowest BCUT2D eigenvalue weighted by Gasteiger charge is -2.10. The normalized spacial score (nSPS) is 11.6. The Hall–Kier alpha value is -7.35. The van der Waals surface area contributed by atoms with Crippen molar-refractivity contribution in [3.05, 3.63) is 176 Å². The van der Waals surface area contributed by atoms with Crippen LogP contribution in [-0.4, -0.2) is 24.9 Å². The molecule has 4 aromatic heterocycles. The molecule has 4 heterocycles. The second kappa shape index (κ2) is 13.2. The predicted octanol–water partition coefficient (Wildman–Crippen LogP) is 12.9. The Labute approximate surface area is 325 Å². The standard InChI is InChI=1S/C49H29N5OS/c1-4-14-30(15-5-1)33-20-12-21-34(28-33)48-52-47(32-18-8-3-9-19-32)53-49(54-48)35-26-27-36-40(29-35)55-39-24-13-23-38(42(36)39)44-45-43(37-22-10-11-25-41(37)56-45)50-46(51-44)31-16-6-2-7-17-31/h1-29H. The van der Waals surface area contributed by atoms with Crippen molar-refractivity contribution in [3.63, 3.8) is 0 Å². The fraction of sp³-hybridized carbons (Fsp3) is 0. The van der Waals surface area contributed by atoms with Gasteiger partial charge in [-0.15, -0.1) is 11.3 Å². The molecule has 6 nitrogen and oxygen atoms in total. The van der Waals surface area contributed by atoms with Gasteiger partial charge in [-0.3, -0.25) is 0 Å². The average Bonchev–Trinajstić information content (AvgIpc) is 3.85. The van der Waals surface area contributed by atoms with Crippen LogP contribution in [-0.2, 0) is 0 Å².